The third-order valence-electron chi connectivity index (χ3n) is 2.26. The van der Waals surface area contributed by atoms with E-state index in [2.05, 4.69) is 15.9 Å². The first kappa shape index (κ1) is 10.5. The van der Waals surface area contributed by atoms with Crippen LogP contribution in [-0.2, 0) is 11.2 Å². The highest BCUT2D eigenvalue weighted by molar-refractivity contribution is 9.10. The Morgan fingerprint density at radius 2 is 2.13 bits per heavy atom. The van der Waals surface area contributed by atoms with Crippen molar-refractivity contribution in [2.75, 3.05) is 13.2 Å². The summed E-state index contributed by atoms with van der Waals surface area (Å²) < 4.78 is 11.9. The minimum Gasteiger partial charge on any atom is -0.486 e. The smallest absolute Gasteiger partial charge is 0.175 e. The van der Waals surface area contributed by atoms with Crippen LogP contribution >= 0.6 is 15.9 Å². The average Bonchev–Trinajstić information content (AvgIpc) is 2.29. The lowest BCUT2D eigenvalue weighted by Gasteiger charge is -2.20. The predicted octanol–water partition coefficient (Wildman–Crippen LogP) is 2.35. The molecule has 0 spiro atoms. The molecule has 15 heavy (non-hydrogen) atoms. The molecule has 0 aromatic heterocycles. The van der Waals surface area contributed by atoms with Crippen LogP contribution in [0, 0.1) is 0 Å². The molecule has 0 fully saturated rings. The van der Waals surface area contributed by atoms with Crippen LogP contribution in [0.1, 0.15) is 12.0 Å². The summed E-state index contributed by atoms with van der Waals surface area (Å²) in [7, 11) is 0. The molecular weight excluding hydrogens is 260 g/mol. The molecule has 0 bridgehead atoms. The fourth-order valence-electron chi connectivity index (χ4n) is 1.53. The molecule has 1 aromatic rings. The molecule has 0 radical (unpaired) electrons. The Bertz CT molecular complexity index is 376. The largest absolute Gasteiger partial charge is 0.486 e. The summed E-state index contributed by atoms with van der Waals surface area (Å²) in [6.45, 7) is 1.16. The number of carbonyl (C=O) groups excluding carboxylic acids is 1. The van der Waals surface area contributed by atoms with Crippen LogP contribution in [0.15, 0.2) is 16.6 Å². The second-order valence-electron chi connectivity index (χ2n) is 3.27. The number of fused-ring (bicyclic) bond motifs is 1. The number of rotatable bonds is 3. The van der Waals surface area contributed by atoms with Crippen molar-refractivity contribution in [3.05, 3.63) is 22.2 Å². The molecule has 3 nitrogen and oxygen atoms in total. The monoisotopic (exact) mass is 270 g/mol. The number of carbonyl (C=O) groups is 1. The van der Waals surface area contributed by atoms with Crippen LogP contribution in [0.5, 0.6) is 11.5 Å². The van der Waals surface area contributed by atoms with Gasteiger partial charge in [0, 0.05) is 6.42 Å². The third kappa shape index (κ3) is 2.15. The standard InChI is InChI=1S/C11H11BrO3/c12-10-8(2-1-5-13)3-4-9-11(10)15-7-6-14-9/h3-5H,1-2,6-7H2. The summed E-state index contributed by atoms with van der Waals surface area (Å²) in [4.78, 5) is 10.3. The first-order valence-corrected chi connectivity index (χ1v) is 5.63. The van der Waals surface area contributed by atoms with E-state index < -0.39 is 0 Å². The second-order valence-corrected chi connectivity index (χ2v) is 4.06. The van der Waals surface area contributed by atoms with Crippen molar-refractivity contribution in [1.29, 1.82) is 0 Å². The van der Waals surface area contributed by atoms with Gasteiger partial charge in [0.25, 0.3) is 0 Å². The van der Waals surface area contributed by atoms with Gasteiger partial charge in [-0.2, -0.15) is 0 Å². The highest BCUT2D eigenvalue weighted by atomic mass is 79.9. The number of aryl methyl sites for hydroxylation is 1. The quantitative estimate of drug-likeness (QED) is 0.791. The fourth-order valence-corrected chi connectivity index (χ4v) is 2.17. The maximum absolute atomic E-state index is 10.3. The minimum atomic E-state index is 0.526. The van der Waals surface area contributed by atoms with Crippen LogP contribution in [0.25, 0.3) is 0 Å². The van der Waals surface area contributed by atoms with Crippen molar-refractivity contribution in [2.45, 2.75) is 12.8 Å². The molecule has 4 heteroatoms. The van der Waals surface area contributed by atoms with Gasteiger partial charge in [-0.05, 0) is 34.0 Å². The highest BCUT2D eigenvalue weighted by Gasteiger charge is 2.17. The zero-order valence-electron chi connectivity index (χ0n) is 8.16. The number of aldehydes is 1. The van der Waals surface area contributed by atoms with Gasteiger partial charge in [0.05, 0.1) is 4.47 Å². The molecule has 0 amide bonds. The van der Waals surface area contributed by atoms with Crippen molar-refractivity contribution in [3.8, 4) is 11.5 Å². The molecule has 0 unspecified atom stereocenters. The summed E-state index contributed by atoms with van der Waals surface area (Å²) in [5, 5.41) is 0. The summed E-state index contributed by atoms with van der Waals surface area (Å²) in [6, 6.07) is 3.85. The molecule has 1 aliphatic rings. The Hall–Kier alpha value is -1.03. The molecular formula is C11H11BrO3. The van der Waals surface area contributed by atoms with E-state index in [1.807, 2.05) is 12.1 Å². The number of ether oxygens (including phenoxy) is 2. The van der Waals surface area contributed by atoms with Crippen molar-refractivity contribution in [3.63, 3.8) is 0 Å². The van der Waals surface area contributed by atoms with Gasteiger partial charge in [-0.1, -0.05) is 6.07 Å². The van der Waals surface area contributed by atoms with Gasteiger partial charge in [0.2, 0.25) is 0 Å². The zero-order valence-corrected chi connectivity index (χ0v) is 9.75. The molecule has 1 aliphatic heterocycles. The van der Waals surface area contributed by atoms with Gasteiger partial charge in [-0.3, -0.25) is 0 Å². The number of hydrogen-bond acceptors (Lipinski definition) is 3. The Balaban J connectivity index is 2.30. The second kappa shape index (κ2) is 4.66. The minimum absolute atomic E-state index is 0.526. The van der Waals surface area contributed by atoms with Crippen LogP contribution in [0.2, 0.25) is 0 Å². The Kier molecular flexibility index (Phi) is 3.26. The molecule has 1 heterocycles. The van der Waals surface area contributed by atoms with Crippen molar-refractivity contribution in [1.82, 2.24) is 0 Å². The van der Waals surface area contributed by atoms with E-state index in [0.717, 1.165) is 34.2 Å². The fraction of sp³-hybridized carbons (Fsp3) is 0.364. The summed E-state index contributed by atoms with van der Waals surface area (Å²) >= 11 is 3.48. The zero-order chi connectivity index (χ0) is 10.7. The molecule has 0 saturated carbocycles. The molecule has 1 aromatic carbocycles. The normalized spacial score (nSPS) is 13.7. The first-order chi connectivity index (χ1) is 7.33. The van der Waals surface area contributed by atoms with E-state index in [4.69, 9.17) is 9.47 Å². The van der Waals surface area contributed by atoms with Gasteiger partial charge < -0.3 is 14.3 Å². The van der Waals surface area contributed by atoms with Crippen LogP contribution in [0.3, 0.4) is 0 Å². The molecule has 0 atom stereocenters. The Morgan fingerprint density at radius 3 is 2.93 bits per heavy atom. The summed E-state index contributed by atoms with van der Waals surface area (Å²) in [6.07, 6.45) is 2.17. The molecule has 0 saturated heterocycles. The lowest BCUT2D eigenvalue weighted by Crippen LogP contribution is -2.16. The maximum Gasteiger partial charge on any atom is 0.175 e. The lowest BCUT2D eigenvalue weighted by atomic mass is 10.1. The number of halogens is 1. The predicted molar refractivity (Wildman–Crippen MR) is 59.5 cm³/mol. The van der Waals surface area contributed by atoms with E-state index in [1.165, 1.54) is 0 Å². The maximum atomic E-state index is 10.3. The van der Waals surface area contributed by atoms with E-state index in [-0.39, 0.29) is 0 Å². The molecule has 2 rings (SSSR count). The van der Waals surface area contributed by atoms with Crippen LogP contribution in [0.4, 0.5) is 0 Å². The van der Waals surface area contributed by atoms with Crippen LogP contribution < -0.4 is 9.47 Å². The highest BCUT2D eigenvalue weighted by Crippen LogP contribution is 2.39. The summed E-state index contributed by atoms with van der Waals surface area (Å²) in [5.74, 6) is 1.52. The number of hydrogen-bond donors (Lipinski definition) is 0. The van der Waals surface area contributed by atoms with Gasteiger partial charge in [0.15, 0.2) is 11.5 Å². The van der Waals surface area contributed by atoms with Crippen LogP contribution in [-0.4, -0.2) is 19.5 Å². The van der Waals surface area contributed by atoms with Gasteiger partial charge in [-0.15, -0.1) is 0 Å². The van der Waals surface area contributed by atoms with Gasteiger partial charge >= 0.3 is 0 Å². The lowest BCUT2D eigenvalue weighted by molar-refractivity contribution is -0.107. The molecule has 80 valence electrons. The number of benzene rings is 1. The van der Waals surface area contributed by atoms with E-state index in [0.29, 0.717) is 19.6 Å². The van der Waals surface area contributed by atoms with Gasteiger partial charge in [0.1, 0.15) is 19.5 Å². The Morgan fingerprint density at radius 1 is 1.33 bits per heavy atom. The Labute approximate surface area is 96.5 Å². The molecule has 0 aliphatic carbocycles. The van der Waals surface area contributed by atoms with Gasteiger partial charge in [-0.25, -0.2) is 0 Å². The van der Waals surface area contributed by atoms with Crippen molar-refractivity contribution >= 4 is 22.2 Å². The molecule has 0 N–H and O–H groups in total. The van der Waals surface area contributed by atoms with E-state index in [1.54, 1.807) is 0 Å². The SMILES string of the molecule is O=CCCc1ccc2c(c1Br)OCCO2. The average molecular weight is 271 g/mol. The first-order valence-electron chi connectivity index (χ1n) is 4.83. The topological polar surface area (TPSA) is 35.5 Å². The van der Waals surface area contributed by atoms with E-state index >= 15 is 0 Å². The van der Waals surface area contributed by atoms with Crippen molar-refractivity contribution in [2.24, 2.45) is 0 Å². The summed E-state index contributed by atoms with van der Waals surface area (Å²) in [5.41, 5.74) is 1.08. The third-order valence-corrected chi connectivity index (χ3v) is 3.13. The van der Waals surface area contributed by atoms with E-state index in [9.17, 15) is 4.79 Å². The van der Waals surface area contributed by atoms with Crippen molar-refractivity contribution < 1.29 is 14.3 Å².